The van der Waals surface area contributed by atoms with Crippen molar-refractivity contribution >= 4 is 45.4 Å². The Morgan fingerprint density at radius 3 is 2.70 bits per heavy atom. The number of amides is 1. The lowest BCUT2D eigenvalue weighted by Gasteiger charge is -2.09. The van der Waals surface area contributed by atoms with Gasteiger partial charge in [-0.2, -0.15) is 5.26 Å². The number of nitrogens with one attached hydrogen (secondary N) is 1. The van der Waals surface area contributed by atoms with Crippen LogP contribution in [0.3, 0.4) is 0 Å². The van der Waals surface area contributed by atoms with E-state index >= 15 is 0 Å². The van der Waals surface area contributed by atoms with Crippen LogP contribution in [0, 0.1) is 11.3 Å². The van der Waals surface area contributed by atoms with E-state index in [1.54, 1.807) is 29.6 Å². The first-order valence-corrected chi connectivity index (χ1v) is 7.09. The van der Waals surface area contributed by atoms with Crippen molar-refractivity contribution in [2.24, 2.45) is 0 Å². The molecule has 1 aromatic heterocycles. The van der Waals surface area contributed by atoms with E-state index in [9.17, 15) is 4.79 Å². The second-order valence-electron chi connectivity index (χ2n) is 3.66. The number of anilines is 1. The lowest BCUT2D eigenvalue weighted by atomic mass is 10.3. The molecule has 0 spiro atoms. The minimum absolute atomic E-state index is 0.244. The molecule has 0 fully saturated rings. The Hall–Kier alpha value is -1.74. The third-order valence-electron chi connectivity index (χ3n) is 2.31. The molecule has 0 saturated heterocycles. The van der Waals surface area contributed by atoms with E-state index in [0.29, 0.717) is 20.6 Å². The van der Waals surface area contributed by atoms with E-state index in [1.165, 1.54) is 11.3 Å². The number of thiophene rings is 1. The summed E-state index contributed by atoms with van der Waals surface area (Å²) in [7, 11) is 0. The first-order valence-electron chi connectivity index (χ1n) is 5.46. The summed E-state index contributed by atoms with van der Waals surface area (Å²) in [5.41, 5.74) is 0.416. The highest BCUT2D eigenvalue weighted by Crippen LogP contribution is 2.32. The van der Waals surface area contributed by atoms with Gasteiger partial charge in [-0.05, 0) is 23.6 Å². The van der Waals surface area contributed by atoms with Gasteiger partial charge in [-0.15, -0.1) is 11.3 Å². The van der Waals surface area contributed by atoms with Crippen LogP contribution in [0.5, 0.6) is 5.75 Å². The highest BCUT2D eigenvalue weighted by atomic mass is 35.5. The molecule has 102 valence electrons. The van der Waals surface area contributed by atoms with Crippen LogP contribution in [0.4, 0.5) is 5.00 Å². The Morgan fingerprint density at radius 1 is 1.35 bits per heavy atom. The summed E-state index contributed by atoms with van der Waals surface area (Å²) >= 11 is 13.1. The molecule has 0 saturated carbocycles. The third-order valence-corrected chi connectivity index (χ3v) is 3.73. The zero-order valence-corrected chi connectivity index (χ0v) is 12.4. The number of rotatable bonds is 4. The zero-order chi connectivity index (χ0) is 14.5. The number of halogens is 2. The second-order valence-corrected chi connectivity index (χ2v) is 5.39. The molecule has 0 aliphatic carbocycles. The van der Waals surface area contributed by atoms with Crippen LogP contribution in [-0.2, 0) is 4.79 Å². The van der Waals surface area contributed by atoms with Gasteiger partial charge in [0.15, 0.2) is 12.4 Å². The molecule has 0 aliphatic rings. The Labute approximate surface area is 129 Å². The number of para-hydroxylation sites is 1. The highest BCUT2D eigenvalue weighted by molar-refractivity contribution is 7.14. The van der Waals surface area contributed by atoms with Gasteiger partial charge in [0.25, 0.3) is 5.91 Å². The molecule has 2 rings (SSSR count). The lowest BCUT2D eigenvalue weighted by molar-refractivity contribution is -0.118. The predicted octanol–water partition coefficient (Wildman–Crippen LogP) is 3.94. The van der Waals surface area contributed by atoms with Crippen LogP contribution in [0.25, 0.3) is 0 Å². The van der Waals surface area contributed by atoms with E-state index < -0.39 is 0 Å². The van der Waals surface area contributed by atoms with Gasteiger partial charge in [-0.1, -0.05) is 29.3 Å². The molecule has 0 unspecified atom stereocenters. The highest BCUT2D eigenvalue weighted by Gasteiger charge is 2.11. The smallest absolute Gasteiger partial charge is 0.262 e. The zero-order valence-electron chi connectivity index (χ0n) is 10.0. The first kappa shape index (κ1) is 14.7. The predicted molar refractivity (Wildman–Crippen MR) is 79.6 cm³/mol. The maximum Gasteiger partial charge on any atom is 0.262 e. The van der Waals surface area contributed by atoms with Gasteiger partial charge < -0.3 is 10.1 Å². The number of benzene rings is 1. The number of hydrogen-bond donors (Lipinski definition) is 1. The second kappa shape index (κ2) is 6.62. The van der Waals surface area contributed by atoms with Crippen molar-refractivity contribution in [1.29, 1.82) is 5.26 Å². The summed E-state index contributed by atoms with van der Waals surface area (Å²) in [5.74, 6) is -0.127. The monoisotopic (exact) mass is 326 g/mol. The number of carbonyl (C=O) groups excluding carboxylic acids is 1. The Bertz CT molecular complexity index is 659. The molecule has 0 radical (unpaired) electrons. The first-order chi connectivity index (χ1) is 9.61. The quantitative estimate of drug-likeness (QED) is 0.925. The summed E-state index contributed by atoms with van der Waals surface area (Å²) < 4.78 is 5.30. The van der Waals surface area contributed by atoms with Crippen molar-refractivity contribution in [3.8, 4) is 11.8 Å². The Kier molecular flexibility index (Phi) is 4.85. The third kappa shape index (κ3) is 3.42. The van der Waals surface area contributed by atoms with Crippen molar-refractivity contribution in [1.82, 2.24) is 0 Å². The van der Waals surface area contributed by atoms with Gasteiger partial charge in [0.05, 0.1) is 15.6 Å². The van der Waals surface area contributed by atoms with Gasteiger partial charge in [0.2, 0.25) is 0 Å². The molecule has 0 aliphatic heterocycles. The minimum atomic E-state index is -0.389. The SMILES string of the molecule is N#Cc1ccsc1NC(=O)COc1c(Cl)cccc1Cl. The van der Waals surface area contributed by atoms with E-state index in [0.717, 1.165) is 0 Å². The molecule has 0 atom stereocenters. The van der Waals surface area contributed by atoms with E-state index in [4.69, 9.17) is 33.2 Å². The van der Waals surface area contributed by atoms with E-state index in [1.807, 2.05) is 6.07 Å². The summed E-state index contributed by atoms with van der Waals surface area (Å²) in [4.78, 5) is 11.7. The van der Waals surface area contributed by atoms with Gasteiger partial charge in [-0.3, -0.25) is 4.79 Å². The van der Waals surface area contributed by atoms with Crippen molar-refractivity contribution in [2.75, 3.05) is 11.9 Å². The number of carbonyl (C=O) groups is 1. The van der Waals surface area contributed by atoms with Crippen LogP contribution in [-0.4, -0.2) is 12.5 Å². The molecular weight excluding hydrogens is 319 g/mol. The van der Waals surface area contributed by atoms with Crippen LogP contribution in [0.1, 0.15) is 5.56 Å². The standard InChI is InChI=1S/C13H8Cl2N2O2S/c14-9-2-1-3-10(15)12(9)19-7-11(18)17-13-8(6-16)4-5-20-13/h1-5H,7H2,(H,17,18). The molecule has 1 amide bonds. The molecular formula is C13H8Cl2N2O2S. The number of ether oxygens (including phenoxy) is 1. The Balaban J connectivity index is 1.98. The lowest BCUT2D eigenvalue weighted by Crippen LogP contribution is -2.20. The normalized spacial score (nSPS) is 9.85. The summed E-state index contributed by atoms with van der Waals surface area (Å²) in [6, 6.07) is 8.54. The summed E-state index contributed by atoms with van der Waals surface area (Å²) in [5, 5.41) is 14.3. The molecule has 2 aromatic rings. The maximum atomic E-state index is 11.7. The Morgan fingerprint density at radius 2 is 2.05 bits per heavy atom. The van der Waals surface area contributed by atoms with E-state index in [-0.39, 0.29) is 18.3 Å². The fourth-order valence-electron chi connectivity index (χ4n) is 1.41. The van der Waals surface area contributed by atoms with Crippen LogP contribution >= 0.6 is 34.5 Å². The average Bonchev–Trinajstić information content (AvgIpc) is 2.85. The van der Waals surface area contributed by atoms with Gasteiger partial charge in [-0.25, -0.2) is 0 Å². The van der Waals surface area contributed by atoms with Crippen LogP contribution in [0.2, 0.25) is 10.0 Å². The molecule has 1 heterocycles. The largest absolute Gasteiger partial charge is 0.481 e. The number of nitriles is 1. The van der Waals surface area contributed by atoms with E-state index in [2.05, 4.69) is 5.32 Å². The van der Waals surface area contributed by atoms with Crippen molar-refractivity contribution in [2.45, 2.75) is 0 Å². The van der Waals surface area contributed by atoms with Crippen molar-refractivity contribution in [3.63, 3.8) is 0 Å². The molecule has 7 heteroatoms. The van der Waals surface area contributed by atoms with Gasteiger partial charge >= 0.3 is 0 Å². The summed E-state index contributed by atoms with van der Waals surface area (Å²) in [6.07, 6.45) is 0. The number of hydrogen-bond acceptors (Lipinski definition) is 4. The summed E-state index contributed by atoms with van der Waals surface area (Å²) in [6.45, 7) is -0.244. The van der Waals surface area contributed by atoms with Gasteiger partial charge in [0.1, 0.15) is 11.1 Å². The average molecular weight is 327 g/mol. The van der Waals surface area contributed by atoms with Crippen molar-refractivity contribution in [3.05, 3.63) is 45.3 Å². The van der Waals surface area contributed by atoms with Crippen molar-refractivity contribution < 1.29 is 9.53 Å². The fraction of sp³-hybridized carbons (Fsp3) is 0.0769. The van der Waals surface area contributed by atoms with Crippen LogP contribution < -0.4 is 10.1 Å². The fourth-order valence-corrected chi connectivity index (χ4v) is 2.68. The molecule has 1 aromatic carbocycles. The maximum absolute atomic E-state index is 11.7. The molecule has 20 heavy (non-hydrogen) atoms. The molecule has 4 nitrogen and oxygen atoms in total. The molecule has 1 N–H and O–H groups in total. The van der Waals surface area contributed by atoms with Crippen LogP contribution in [0.15, 0.2) is 29.6 Å². The molecule has 0 bridgehead atoms. The van der Waals surface area contributed by atoms with Gasteiger partial charge in [0, 0.05) is 0 Å². The number of nitrogens with zero attached hydrogens (tertiary/aromatic N) is 1. The topological polar surface area (TPSA) is 62.1 Å². The minimum Gasteiger partial charge on any atom is -0.481 e.